The van der Waals surface area contributed by atoms with Crippen molar-refractivity contribution < 1.29 is 8.42 Å². The molecule has 1 unspecified atom stereocenters. The van der Waals surface area contributed by atoms with Crippen LogP contribution >= 0.6 is 0 Å². The summed E-state index contributed by atoms with van der Waals surface area (Å²) < 4.78 is 23.3. The van der Waals surface area contributed by atoms with E-state index in [-0.39, 0.29) is 0 Å². The van der Waals surface area contributed by atoms with Gasteiger partial charge < -0.3 is 4.90 Å². The highest BCUT2D eigenvalue weighted by molar-refractivity contribution is 7.91. The maximum absolute atomic E-state index is 11.7. The number of fused-ring (bicyclic) bond motifs is 1. The maximum Gasteiger partial charge on any atom is 0.159 e. The van der Waals surface area contributed by atoms with Crippen LogP contribution in [0.25, 0.3) is 11.0 Å². The molecule has 1 saturated carbocycles. The molecule has 2 aliphatic heterocycles. The van der Waals surface area contributed by atoms with Gasteiger partial charge in [-0.15, -0.1) is 0 Å². The number of aromatic nitrogens is 2. The van der Waals surface area contributed by atoms with Gasteiger partial charge in [-0.3, -0.25) is 0 Å². The topological polar surface area (TPSA) is 63.2 Å². The Bertz CT molecular complexity index is 947. The average Bonchev–Trinajstić information content (AvgIpc) is 3.46. The van der Waals surface area contributed by atoms with Crippen LogP contribution in [-0.2, 0) is 9.84 Å². The van der Waals surface area contributed by atoms with Crippen molar-refractivity contribution in [3.05, 3.63) is 35.7 Å². The summed E-state index contributed by atoms with van der Waals surface area (Å²) in [5, 5.41) is 1.16. The Kier molecular flexibility index (Phi) is 4.43. The van der Waals surface area contributed by atoms with Gasteiger partial charge in [0, 0.05) is 29.7 Å². The van der Waals surface area contributed by atoms with Gasteiger partial charge in [0.25, 0.3) is 0 Å². The zero-order valence-electron chi connectivity index (χ0n) is 15.7. The molecule has 0 spiro atoms. The summed E-state index contributed by atoms with van der Waals surface area (Å²) in [5.74, 6) is 2.30. The van der Waals surface area contributed by atoms with Crippen molar-refractivity contribution in [2.45, 2.75) is 43.9 Å². The Morgan fingerprint density at radius 2 is 1.85 bits per heavy atom. The number of sulfone groups is 1. The van der Waals surface area contributed by atoms with Crippen LogP contribution < -0.4 is 0 Å². The maximum atomic E-state index is 11.7. The molecule has 144 valence electrons. The second kappa shape index (κ2) is 6.82. The van der Waals surface area contributed by atoms with Gasteiger partial charge in [-0.05, 0) is 80.8 Å². The first-order valence-corrected chi connectivity index (χ1v) is 12.1. The molecule has 0 bridgehead atoms. The molecule has 27 heavy (non-hydrogen) atoms. The Hall–Kier alpha value is -1.53. The van der Waals surface area contributed by atoms with Crippen LogP contribution in [0.1, 0.15) is 55.2 Å². The van der Waals surface area contributed by atoms with Crippen LogP contribution in [-0.4, -0.2) is 54.4 Å². The molecule has 5 rings (SSSR count). The van der Waals surface area contributed by atoms with Gasteiger partial charge in [0.1, 0.15) is 0 Å². The Balaban J connectivity index is 1.22. The Morgan fingerprint density at radius 3 is 2.56 bits per heavy atom. The summed E-state index contributed by atoms with van der Waals surface area (Å²) in [5.41, 5.74) is 3.40. The fourth-order valence-corrected chi connectivity index (χ4v) is 6.55. The number of hydrogen-bond donors (Lipinski definition) is 0. The largest absolute Gasteiger partial charge is 0.303 e. The quantitative estimate of drug-likeness (QED) is 0.809. The number of pyridine rings is 2. The van der Waals surface area contributed by atoms with Gasteiger partial charge in [-0.1, -0.05) is 0 Å². The molecule has 1 atom stereocenters. The van der Waals surface area contributed by atoms with E-state index in [0.29, 0.717) is 23.3 Å². The highest BCUT2D eigenvalue weighted by atomic mass is 32.2. The molecule has 3 aliphatic rings. The zero-order valence-corrected chi connectivity index (χ0v) is 16.5. The van der Waals surface area contributed by atoms with Gasteiger partial charge in [0.2, 0.25) is 0 Å². The van der Waals surface area contributed by atoms with E-state index in [1.165, 1.54) is 18.4 Å². The summed E-state index contributed by atoms with van der Waals surface area (Å²) >= 11 is 0. The summed E-state index contributed by atoms with van der Waals surface area (Å²) in [6.07, 6.45) is 7.63. The minimum atomic E-state index is -2.77. The molecule has 5 nitrogen and oxygen atoms in total. The molecule has 0 amide bonds. The molecule has 3 fully saturated rings. The SMILES string of the molecule is O=S1(=O)CCC(CN2CCC(c3ccc4cc(C5CC5)cnc4n3)CC2)C1. The minimum absolute atomic E-state index is 0.329. The molecule has 0 aromatic carbocycles. The third kappa shape index (κ3) is 3.87. The fraction of sp³-hybridized carbons (Fsp3) is 0.619. The van der Waals surface area contributed by atoms with E-state index in [0.717, 1.165) is 61.5 Å². The van der Waals surface area contributed by atoms with Crippen molar-refractivity contribution in [2.75, 3.05) is 31.1 Å². The highest BCUT2D eigenvalue weighted by Crippen LogP contribution is 2.40. The van der Waals surface area contributed by atoms with E-state index < -0.39 is 9.84 Å². The molecule has 0 radical (unpaired) electrons. The lowest BCUT2D eigenvalue weighted by Gasteiger charge is -2.33. The lowest BCUT2D eigenvalue weighted by atomic mass is 9.92. The molecule has 2 aromatic rings. The lowest BCUT2D eigenvalue weighted by Crippen LogP contribution is -2.37. The third-order valence-corrected chi connectivity index (χ3v) is 8.32. The smallest absolute Gasteiger partial charge is 0.159 e. The predicted octanol–water partition coefficient (Wildman–Crippen LogP) is 3.12. The zero-order chi connectivity index (χ0) is 18.4. The molecule has 0 N–H and O–H groups in total. The van der Waals surface area contributed by atoms with Crippen molar-refractivity contribution in [3.8, 4) is 0 Å². The Morgan fingerprint density at radius 1 is 1.04 bits per heavy atom. The van der Waals surface area contributed by atoms with Crippen molar-refractivity contribution in [1.29, 1.82) is 0 Å². The monoisotopic (exact) mass is 385 g/mol. The second-order valence-electron chi connectivity index (χ2n) is 8.67. The molecular formula is C21H27N3O2S. The van der Waals surface area contributed by atoms with Crippen molar-refractivity contribution in [1.82, 2.24) is 14.9 Å². The molecule has 2 saturated heterocycles. The Labute approximate surface area is 161 Å². The molecular weight excluding hydrogens is 358 g/mol. The van der Waals surface area contributed by atoms with Gasteiger partial charge in [-0.25, -0.2) is 18.4 Å². The van der Waals surface area contributed by atoms with Gasteiger partial charge in [-0.2, -0.15) is 0 Å². The molecule has 2 aromatic heterocycles. The van der Waals surface area contributed by atoms with E-state index >= 15 is 0 Å². The molecule has 6 heteroatoms. The predicted molar refractivity (Wildman–Crippen MR) is 107 cm³/mol. The summed E-state index contributed by atoms with van der Waals surface area (Å²) in [4.78, 5) is 11.9. The average molecular weight is 386 g/mol. The number of hydrogen-bond acceptors (Lipinski definition) is 5. The minimum Gasteiger partial charge on any atom is -0.303 e. The highest BCUT2D eigenvalue weighted by Gasteiger charge is 2.31. The fourth-order valence-electron chi connectivity index (χ4n) is 4.70. The van der Waals surface area contributed by atoms with E-state index in [1.54, 1.807) is 0 Å². The molecule has 1 aliphatic carbocycles. The normalized spacial score (nSPS) is 26.6. The van der Waals surface area contributed by atoms with Crippen LogP contribution in [0.5, 0.6) is 0 Å². The molecule has 4 heterocycles. The van der Waals surface area contributed by atoms with E-state index in [1.807, 2.05) is 6.20 Å². The second-order valence-corrected chi connectivity index (χ2v) is 10.9. The first-order chi connectivity index (χ1) is 13.1. The van der Waals surface area contributed by atoms with Crippen molar-refractivity contribution >= 4 is 20.9 Å². The van der Waals surface area contributed by atoms with Crippen LogP contribution in [0.3, 0.4) is 0 Å². The first-order valence-electron chi connectivity index (χ1n) is 10.3. The van der Waals surface area contributed by atoms with Crippen LogP contribution in [0.15, 0.2) is 24.4 Å². The van der Waals surface area contributed by atoms with Crippen LogP contribution in [0, 0.1) is 5.92 Å². The van der Waals surface area contributed by atoms with Gasteiger partial charge in [0.15, 0.2) is 15.5 Å². The van der Waals surface area contributed by atoms with Gasteiger partial charge in [0.05, 0.1) is 11.5 Å². The van der Waals surface area contributed by atoms with E-state index in [2.05, 4.69) is 28.1 Å². The number of likely N-dealkylation sites (tertiary alicyclic amines) is 1. The summed E-state index contributed by atoms with van der Waals surface area (Å²) in [7, 11) is -2.77. The lowest BCUT2D eigenvalue weighted by molar-refractivity contribution is 0.188. The summed E-state index contributed by atoms with van der Waals surface area (Å²) in [6.45, 7) is 3.01. The number of piperidine rings is 1. The third-order valence-electron chi connectivity index (χ3n) is 6.48. The first kappa shape index (κ1) is 17.6. The standard InChI is InChI=1S/C21H27N3O2S/c25-27(26)10-7-15(14-27)13-24-8-5-17(6-9-24)20-4-3-18-11-19(16-1-2-16)12-22-21(18)23-20/h3-4,11-12,15-17H,1-2,5-10,13-14H2. The van der Waals surface area contributed by atoms with Crippen molar-refractivity contribution in [2.24, 2.45) is 5.92 Å². The van der Waals surface area contributed by atoms with E-state index in [4.69, 9.17) is 4.98 Å². The number of nitrogens with zero attached hydrogens (tertiary/aromatic N) is 3. The van der Waals surface area contributed by atoms with Gasteiger partial charge >= 0.3 is 0 Å². The summed E-state index contributed by atoms with van der Waals surface area (Å²) in [6, 6.07) is 6.63. The van der Waals surface area contributed by atoms with Crippen LogP contribution in [0.4, 0.5) is 0 Å². The number of rotatable bonds is 4. The van der Waals surface area contributed by atoms with Crippen molar-refractivity contribution in [3.63, 3.8) is 0 Å². The van der Waals surface area contributed by atoms with Crippen LogP contribution in [0.2, 0.25) is 0 Å². The van der Waals surface area contributed by atoms with E-state index in [9.17, 15) is 8.42 Å².